The second-order valence-corrected chi connectivity index (χ2v) is 7.78. The van der Waals surface area contributed by atoms with Crippen LogP contribution in [0.5, 0.6) is 0 Å². The number of rotatable bonds is 2. The van der Waals surface area contributed by atoms with E-state index in [9.17, 15) is 9.18 Å². The van der Waals surface area contributed by atoms with Crippen molar-refractivity contribution in [2.75, 3.05) is 5.32 Å². The van der Waals surface area contributed by atoms with E-state index in [0.717, 1.165) is 35.4 Å². The molecule has 1 atom stereocenters. The molecule has 26 heavy (non-hydrogen) atoms. The molecule has 1 aromatic carbocycles. The minimum atomic E-state index is -0.399. The maximum absolute atomic E-state index is 13.1. The Balaban J connectivity index is 1.44. The lowest BCUT2D eigenvalue weighted by atomic mass is 9.94. The molecule has 2 aliphatic rings. The Kier molecular flexibility index (Phi) is 3.60. The number of carbonyl (C=O) groups is 1. The fourth-order valence-electron chi connectivity index (χ4n) is 3.70. The predicted octanol–water partition coefficient (Wildman–Crippen LogP) is 4.88. The summed E-state index contributed by atoms with van der Waals surface area (Å²) < 4.78 is 19.0. The van der Waals surface area contributed by atoms with Crippen LogP contribution in [0.15, 0.2) is 40.8 Å². The van der Waals surface area contributed by atoms with E-state index < -0.39 is 6.17 Å². The highest BCUT2D eigenvalue weighted by Crippen LogP contribution is 2.41. The van der Waals surface area contributed by atoms with Gasteiger partial charge < -0.3 is 15.1 Å². The van der Waals surface area contributed by atoms with E-state index >= 15 is 0 Å². The van der Waals surface area contributed by atoms with Gasteiger partial charge in [0, 0.05) is 10.4 Å². The van der Waals surface area contributed by atoms with Gasteiger partial charge in [-0.3, -0.25) is 4.79 Å². The van der Waals surface area contributed by atoms with Gasteiger partial charge in [0.15, 0.2) is 6.17 Å². The Morgan fingerprint density at radius 3 is 2.69 bits per heavy atom. The monoisotopic (exact) mass is 368 g/mol. The van der Waals surface area contributed by atoms with Crippen molar-refractivity contribution in [2.45, 2.75) is 31.8 Å². The lowest BCUT2D eigenvalue weighted by Crippen LogP contribution is -2.38. The Labute approximate surface area is 154 Å². The zero-order chi connectivity index (χ0) is 17.7. The summed E-state index contributed by atoms with van der Waals surface area (Å²) in [7, 11) is 0. The number of carbonyl (C=O) groups excluding carboxylic acids is 1. The van der Waals surface area contributed by atoms with E-state index in [4.69, 9.17) is 4.42 Å². The van der Waals surface area contributed by atoms with Gasteiger partial charge in [0.05, 0.1) is 5.56 Å². The Morgan fingerprint density at radius 1 is 1.04 bits per heavy atom. The quantitative estimate of drug-likeness (QED) is 0.678. The molecule has 0 bridgehead atoms. The first-order chi connectivity index (χ1) is 12.7. The second kappa shape index (κ2) is 5.99. The largest absolute Gasteiger partial charge is 0.457 e. The summed E-state index contributed by atoms with van der Waals surface area (Å²) in [6.45, 7) is 0. The molecule has 4 nitrogen and oxygen atoms in total. The van der Waals surface area contributed by atoms with Crippen molar-refractivity contribution in [2.24, 2.45) is 0 Å². The van der Waals surface area contributed by atoms with Crippen molar-refractivity contribution in [1.82, 2.24) is 5.32 Å². The van der Waals surface area contributed by atoms with Gasteiger partial charge in [0.2, 0.25) is 0 Å². The molecule has 3 heterocycles. The van der Waals surface area contributed by atoms with Crippen molar-refractivity contribution in [3.8, 4) is 11.3 Å². The van der Waals surface area contributed by atoms with Crippen molar-refractivity contribution in [3.05, 3.63) is 64.0 Å². The van der Waals surface area contributed by atoms with Gasteiger partial charge in [0.1, 0.15) is 22.3 Å². The lowest BCUT2D eigenvalue weighted by Gasteiger charge is -2.25. The van der Waals surface area contributed by atoms with Crippen LogP contribution in [0, 0.1) is 5.82 Å². The first-order valence-corrected chi connectivity index (χ1v) is 9.58. The number of anilines is 1. The Hall–Kier alpha value is -2.60. The van der Waals surface area contributed by atoms with Gasteiger partial charge in [-0.1, -0.05) is 0 Å². The maximum Gasteiger partial charge on any atom is 0.256 e. The van der Waals surface area contributed by atoms with Crippen molar-refractivity contribution in [3.63, 3.8) is 0 Å². The number of hydrogen-bond donors (Lipinski definition) is 2. The minimum Gasteiger partial charge on any atom is -0.457 e. The van der Waals surface area contributed by atoms with Crippen LogP contribution in [-0.2, 0) is 12.8 Å². The molecular weight excluding hydrogens is 351 g/mol. The van der Waals surface area contributed by atoms with Crippen molar-refractivity contribution < 1.29 is 13.6 Å². The maximum atomic E-state index is 13.1. The molecular formula is C20H17FN2O2S. The van der Waals surface area contributed by atoms with E-state index in [1.54, 1.807) is 23.5 Å². The second-order valence-electron chi connectivity index (χ2n) is 6.67. The molecule has 1 amide bonds. The summed E-state index contributed by atoms with van der Waals surface area (Å²) in [6, 6.07) is 9.84. The van der Waals surface area contributed by atoms with Gasteiger partial charge in [-0.2, -0.15) is 0 Å². The Morgan fingerprint density at radius 2 is 1.85 bits per heavy atom. The summed E-state index contributed by atoms with van der Waals surface area (Å²) >= 11 is 1.69. The van der Waals surface area contributed by atoms with Crippen LogP contribution in [0.1, 0.15) is 45.6 Å². The molecule has 0 saturated carbocycles. The summed E-state index contributed by atoms with van der Waals surface area (Å²) in [6.07, 6.45) is 3.98. The number of aryl methyl sites for hydroxylation is 1. The van der Waals surface area contributed by atoms with Gasteiger partial charge in [-0.05, 0) is 67.6 Å². The molecule has 2 N–H and O–H groups in total. The highest BCUT2D eigenvalue weighted by Gasteiger charge is 2.33. The van der Waals surface area contributed by atoms with Crippen LogP contribution >= 0.6 is 11.3 Å². The van der Waals surface area contributed by atoms with Gasteiger partial charge >= 0.3 is 0 Å². The third-order valence-electron chi connectivity index (χ3n) is 4.99. The fourth-order valence-corrected chi connectivity index (χ4v) is 5.01. The lowest BCUT2D eigenvalue weighted by molar-refractivity contribution is 0.0930. The molecule has 0 radical (unpaired) electrons. The number of fused-ring (bicyclic) bond motifs is 3. The number of thiophene rings is 1. The molecule has 0 fully saturated rings. The average Bonchev–Trinajstić information content (AvgIpc) is 3.27. The number of benzene rings is 1. The number of halogens is 1. The zero-order valence-corrected chi connectivity index (χ0v) is 14.8. The number of amides is 1. The SMILES string of the molecule is O=C1N[C@H](c2ccc(-c3ccc(F)cc3)o2)Nc2sc3c(c21)CCCC3. The van der Waals surface area contributed by atoms with E-state index in [1.807, 2.05) is 12.1 Å². The number of nitrogens with one attached hydrogen (secondary N) is 2. The van der Waals surface area contributed by atoms with Crippen LogP contribution in [0.2, 0.25) is 0 Å². The molecule has 2 aromatic heterocycles. The normalized spacial score (nSPS) is 18.7. The Bertz CT molecular complexity index is 990. The smallest absolute Gasteiger partial charge is 0.256 e. The van der Waals surface area contributed by atoms with Crippen LogP contribution < -0.4 is 10.6 Å². The molecule has 132 valence electrons. The third-order valence-corrected chi connectivity index (χ3v) is 6.21. The summed E-state index contributed by atoms with van der Waals surface area (Å²) in [5, 5.41) is 7.35. The minimum absolute atomic E-state index is 0.0390. The van der Waals surface area contributed by atoms with Gasteiger partial charge in [-0.15, -0.1) is 11.3 Å². The highest BCUT2D eigenvalue weighted by molar-refractivity contribution is 7.16. The molecule has 6 heteroatoms. The molecule has 3 aromatic rings. The molecule has 1 aliphatic heterocycles. The summed E-state index contributed by atoms with van der Waals surface area (Å²) in [4.78, 5) is 14.0. The standard InChI is InChI=1S/C20H17FN2O2S/c21-12-7-5-11(6-8-12)14-9-10-15(25-14)18-22-19(24)17-13-3-1-2-4-16(13)26-20(17)23-18/h5-10,18,23H,1-4H2,(H,22,24)/t18-/m0/s1. The zero-order valence-electron chi connectivity index (χ0n) is 14.0. The number of furan rings is 1. The first-order valence-electron chi connectivity index (χ1n) is 8.76. The van der Waals surface area contributed by atoms with Crippen molar-refractivity contribution in [1.29, 1.82) is 0 Å². The molecule has 5 rings (SSSR count). The van der Waals surface area contributed by atoms with Gasteiger partial charge in [0.25, 0.3) is 5.91 Å². The van der Waals surface area contributed by atoms with E-state index in [2.05, 4.69) is 10.6 Å². The van der Waals surface area contributed by atoms with E-state index in [1.165, 1.54) is 29.0 Å². The predicted molar refractivity (Wildman–Crippen MR) is 98.9 cm³/mol. The van der Waals surface area contributed by atoms with Crippen LogP contribution in [0.4, 0.5) is 9.39 Å². The van der Waals surface area contributed by atoms with E-state index in [-0.39, 0.29) is 11.7 Å². The average molecular weight is 368 g/mol. The molecule has 1 aliphatic carbocycles. The van der Waals surface area contributed by atoms with E-state index in [0.29, 0.717) is 11.5 Å². The topological polar surface area (TPSA) is 54.3 Å². The third kappa shape index (κ3) is 2.52. The van der Waals surface area contributed by atoms with Gasteiger partial charge in [-0.25, -0.2) is 4.39 Å². The molecule has 0 unspecified atom stereocenters. The van der Waals surface area contributed by atoms with Crippen LogP contribution in [0.3, 0.4) is 0 Å². The molecule has 0 saturated heterocycles. The number of hydrogen-bond acceptors (Lipinski definition) is 4. The molecule has 0 spiro atoms. The summed E-state index contributed by atoms with van der Waals surface area (Å²) in [5.74, 6) is 0.959. The first kappa shape index (κ1) is 15.6. The summed E-state index contributed by atoms with van der Waals surface area (Å²) in [5.41, 5.74) is 2.82. The highest BCUT2D eigenvalue weighted by atomic mass is 32.1. The fraction of sp³-hybridized carbons (Fsp3) is 0.250. The van der Waals surface area contributed by atoms with Crippen molar-refractivity contribution >= 4 is 22.2 Å². The van der Waals surface area contributed by atoms with Crippen LogP contribution in [0.25, 0.3) is 11.3 Å². The van der Waals surface area contributed by atoms with Crippen LogP contribution in [-0.4, -0.2) is 5.91 Å².